The molecule has 38 heavy (non-hydrogen) atoms. The molecule has 0 saturated carbocycles. The van der Waals surface area contributed by atoms with Crippen LogP contribution in [0.3, 0.4) is 0 Å². The maximum Gasteiger partial charge on any atom is 0.339 e. The molecule has 198 valence electrons. The molecule has 4 aromatic rings. The average Bonchev–Trinajstić information content (AvgIpc) is 2.88. The molecular formula is C31H30ClF2NO3. The van der Waals surface area contributed by atoms with Gasteiger partial charge in [-0.3, -0.25) is 0 Å². The summed E-state index contributed by atoms with van der Waals surface area (Å²) in [6, 6.07) is 22.3. The third-order valence-corrected chi connectivity index (χ3v) is 7.25. The van der Waals surface area contributed by atoms with Crippen LogP contribution in [-0.2, 0) is 0 Å². The monoisotopic (exact) mass is 537 g/mol. The smallest absolute Gasteiger partial charge is 0.339 e. The number of anilines is 2. The molecule has 0 aromatic heterocycles. The number of carbonyl (C=O) groups is 1. The van der Waals surface area contributed by atoms with Gasteiger partial charge in [0.15, 0.2) is 11.6 Å². The van der Waals surface area contributed by atoms with E-state index in [0.29, 0.717) is 23.7 Å². The Morgan fingerprint density at radius 1 is 1.05 bits per heavy atom. The molecule has 0 aliphatic carbocycles. The van der Waals surface area contributed by atoms with Gasteiger partial charge in [0.05, 0.1) is 12.2 Å². The molecule has 5 rings (SSSR count). The van der Waals surface area contributed by atoms with Crippen LogP contribution < -0.4 is 9.64 Å². The van der Waals surface area contributed by atoms with Crippen LogP contribution in [0.1, 0.15) is 53.6 Å². The van der Waals surface area contributed by atoms with Crippen molar-refractivity contribution in [3.05, 3.63) is 101 Å². The highest BCUT2D eigenvalue weighted by Gasteiger charge is 2.32. The Balaban J connectivity index is 0.00000336. The van der Waals surface area contributed by atoms with E-state index in [9.17, 15) is 14.3 Å². The number of hydrogen-bond donors (Lipinski definition) is 1. The van der Waals surface area contributed by atoms with Crippen molar-refractivity contribution < 1.29 is 23.4 Å². The molecule has 4 nitrogen and oxygen atoms in total. The summed E-state index contributed by atoms with van der Waals surface area (Å²) in [6.45, 7) is 3.98. The number of benzene rings is 4. The number of hydrogen-bond acceptors (Lipinski definition) is 3. The van der Waals surface area contributed by atoms with Gasteiger partial charge >= 0.3 is 5.97 Å². The van der Waals surface area contributed by atoms with Crippen LogP contribution >= 0.6 is 12.4 Å². The third-order valence-electron chi connectivity index (χ3n) is 7.25. The summed E-state index contributed by atoms with van der Waals surface area (Å²) in [7, 11) is 0. The molecule has 1 aliphatic heterocycles. The minimum atomic E-state index is -1.35. The molecule has 0 amide bonds. The first-order valence-corrected chi connectivity index (χ1v) is 12.6. The van der Waals surface area contributed by atoms with Gasteiger partial charge in [0, 0.05) is 0 Å². The lowest BCUT2D eigenvalue weighted by Crippen LogP contribution is -2.38. The summed E-state index contributed by atoms with van der Waals surface area (Å²) < 4.78 is 36.5. The van der Waals surface area contributed by atoms with Gasteiger partial charge in [0.1, 0.15) is 23.1 Å². The molecule has 2 atom stereocenters. The lowest BCUT2D eigenvalue weighted by molar-refractivity contribution is 0.0691. The van der Waals surface area contributed by atoms with Gasteiger partial charge in [-0.2, -0.15) is 0 Å². The van der Waals surface area contributed by atoms with E-state index < -0.39 is 23.2 Å². The van der Waals surface area contributed by atoms with Gasteiger partial charge in [-0.05, 0) is 72.2 Å². The van der Waals surface area contributed by atoms with Crippen molar-refractivity contribution in [2.24, 2.45) is 0 Å². The van der Waals surface area contributed by atoms with Crippen molar-refractivity contribution in [1.82, 2.24) is 0 Å². The van der Waals surface area contributed by atoms with E-state index in [1.54, 1.807) is 25.1 Å². The Hall–Kier alpha value is -3.64. The summed E-state index contributed by atoms with van der Waals surface area (Å²) in [6.07, 6.45) is 2.19. The second-order valence-corrected chi connectivity index (χ2v) is 9.73. The molecule has 0 fully saturated rings. The summed E-state index contributed by atoms with van der Waals surface area (Å²) in [5.74, 6) is -2.10. The maximum atomic E-state index is 15.4. The molecular weight excluding hydrogens is 508 g/mol. The van der Waals surface area contributed by atoms with Crippen molar-refractivity contribution in [3.63, 3.8) is 0 Å². The first-order valence-electron chi connectivity index (χ1n) is 12.6. The molecule has 0 radical (unpaired) electrons. The van der Waals surface area contributed by atoms with Gasteiger partial charge in [-0.25, -0.2) is 13.6 Å². The molecule has 1 aliphatic rings. The normalized spacial score (nSPS) is 15.4. The van der Waals surface area contributed by atoms with E-state index in [4.69, 9.17) is 4.74 Å². The second-order valence-electron chi connectivity index (χ2n) is 9.73. The fourth-order valence-electron chi connectivity index (χ4n) is 5.35. The number of aryl methyl sites for hydroxylation is 1. The van der Waals surface area contributed by atoms with Crippen LogP contribution in [0.2, 0.25) is 0 Å². The van der Waals surface area contributed by atoms with Crippen LogP contribution in [0.25, 0.3) is 10.8 Å². The molecule has 7 heteroatoms. The Bertz CT molecular complexity index is 1470. The van der Waals surface area contributed by atoms with Crippen molar-refractivity contribution in [3.8, 4) is 5.75 Å². The SMILES string of the molecule is Cc1ccc(N2CC(CCC[C@H](C)c3cccc4ccccc34)Oc3cccc(F)c32)c(F)c1C(=O)O.Cl. The quantitative estimate of drug-likeness (QED) is 0.257. The number of nitrogens with zero attached hydrogens (tertiary/aromatic N) is 1. The zero-order chi connectivity index (χ0) is 26.1. The molecule has 4 aromatic carbocycles. The van der Waals surface area contributed by atoms with Gasteiger partial charge in [-0.1, -0.05) is 61.5 Å². The average molecular weight is 538 g/mol. The largest absolute Gasteiger partial charge is 0.486 e. The van der Waals surface area contributed by atoms with Crippen LogP contribution in [0.4, 0.5) is 20.2 Å². The summed E-state index contributed by atoms with van der Waals surface area (Å²) >= 11 is 0. The second kappa shape index (κ2) is 11.4. The van der Waals surface area contributed by atoms with Gasteiger partial charge < -0.3 is 14.7 Å². The number of fused-ring (bicyclic) bond motifs is 2. The number of rotatable bonds is 7. The Labute approximate surface area is 227 Å². The van der Waals surface area contributed by atoms with E-state index in [1.807, 2.05) is 6.07 Å². The maximum absolute atomic E-state index is 15.4. The first kappa shape index (κ1) is 27.4. The van der Waals surface area contributed by atoms with Gasteiger partial charge in [-0.15, -0.1) is 12.4 Å². The van der Waals surface area contributed by atoms with Crippen LogP contribution in [0.15, 0.2) is 72.8 Å². The lowest BCUT2D eigenvalue weighted by Gasteiger charge is -2.37. The molecule has 1 unspecified atom stereocenters. The highest BCUT2D eigenvalue weighted by Crippen LogP contribution is 2.42. The van der Waals surface area contributed by atoms with E-state index >= 15 is 4.39 Å². The number of para-hydroxylation sites is 1. The van der Waals surface area contributed by atoms with Gasteiger partial charge in [0.2, 0.25) is 0 Å². The predicted molar refractivity (Wildman–Crippen MR) is 149 cm³/mol. The Kier molecular flexibility index (Phi) is 8.22. The fraction of sp³-hybridized carbons (Fsp3) is 0.258. The van der Waals surface area contributed by atoms with E-state index in [0.717, 1.165) is 12.8 Å². The number of carboxylic acids is 1. The van der Waals surface area contributed by atoms with Crippen LogP contribution in [-0.4, -0.2) is 23.7 Å². The number of carboxylic acid groups (broad SMARTS) is 1. The fourth-order valence-corrected chi connectivity index (χ4v) is 5.35. The molecule has 0 spiro atoms. The summed E-state index contributed by atoms with van der Waals surface area (Å²) in [4.78, 5) is 13.2. The summed E-state index contributed by atoms with van der Waals surface area (Å²) in [5.41, 5.74) is 1.38. The molecule has 0 saturated heterocycles. The topological polar surface area (TPSA) is 49.8 Å². The van der Waals surface area contributed by atoms with Crippen molar-refractivity contribution in [2.75, 3.05) is 11.4 Å². The standard InChI is InChI=1S/C31H29F2NO3.ClH/c1-19(23-13-6-10-21-9-3-4-12-24(21)23)8-5-11-22-18-34(30-25(32)14-7-15-27(30)37-22)26-17-16-20(2)28(29(26)33)31(35)36;/h3-4,6-7,9-10,12-17,19,22H,5,8,11,18H2,1-2H3,(H,35,36);1H/t19-,22?;/m0./s1. The zero-order valence-electron chi connectivity index (χ0n) is 21.3. The highest BCUT2D eigenvalue weighted by atomic mass is 35.5. The Morgan fingerprint density at radius 3 is 2.58 bits per heavy atom. The lowest BCUT2D eigenvalue weighted by atomic mass is 9.90. The van der Waals surface area contributed by atoms with E-state index in [2.05, 4.69) is 43.3 Å². The first-order chi connectivity index (χ1) is 17.8. The van der Waals surface area contributed by atoms with Crippen molar-refractivity contribution >= 4 is 40.5 Å². The van der Waals surface area contributed by atoms with E-state index in [-0.39, 0.29) is 36.4 Å². The van der Waals surface area contributed by atoms with Crippen molar-refractivity contribution in [2.45, 2.75) is 45.1 Å². The van der Waals surface area contributed by atoms with Gasteiger partial charge in [0.25, 0.3) is 0 Å². The number of aromatic carboxylic acids is 1. The minimum Gasteiger partial charge on any atom is -0.486 e. The number of halogens is 3. The van der Waals surface area contributed by atoms with Crippen LogP contribution in [0.5, 0.6) is 5.75 Å². The predicted octanol–water partition coefficient (Wildman–Crippen LogP) is 8.42. The Morgan fingerprint density at radius 2 is 1.79 bits per heavy atom. The minimum absolute atomic E-state index is 0. The number of ether oxygens (including phenoxy) is 1. The molecule has 1 N–H and O–H groups in total. The van der Waals surface area contributed by atoms with E-state index in [1.165, 1.54) is 33.4 Å². The van der Waals surface area contributed by atoms with Crippen LogP contribution in [0, 0.1) is 18.6 Å². The summed E-state index contributed by atoms with van der Waals surface area (Å²) in [5, 5.41) is 12.0. The zero-order valence-corrected chi connectivity index (χ0v) is 22.1. The highest BCUT2D eigenvalue weighted by molar-refractivity contribution is 5.92. The van der Waals surface area contributed by atoms with Crippen molar-refractivity contribution in [1.29, 1.82) is 0 Å². The molecule has 1 heterocycles. The molecule has 0 bridgehead atoms. The third kappa shape index (κ3) is 5.18.